The Balaban J connectivity index is 2.51. The first-order valence-electron chi connectivity index (χ1n) is 4.73. The number of pyridine rings is 1. The molecule has 1 heterocycles. The molecule has 2 rings (SSSR count). The molecule has 0 radical (unpaired) electrons. The summed E-state index contributed by atoms with van der Waals surface area (Å²) in [5.74, 6) is 0. The van der Waals surface area contributed by atoms with E-state index in [1.807, 2.05) is 36.6 Å². The van der Waals surface area contributed by atoms with Gasteiger partial charge in [0.25, 0.3) is 0 Å². The molecule has 1 N–H and O–H groups in total. The van der Waals surface area contributed by atoms with Gasteiger partial charge in [0.15, 0.2) is 0 Å². The molecule has 4 heteroatoms. The van der Waals surface area contributed by atoms with Gasteiger partial charge in [0.2, 0.25) is 5.56 Å². The fourth-order valence-electron chi connectivity index (χ4n) is 1.42. The number of halogens is 1. The molecule has 0 saturated heterocycles. The minimum atomic E-state index is -0.0650. The van der Waals surface area contributed by atoms with Crippen molar-refractivity contribution in [1.82, 2.24) is 4.98 Å². The van der Waals surface area contributed by atoms with Gasteiger partial charge in [0, 0.05) is 21.1 Å². The van der Waals surface area contributed by atoms with Crippen LogP contribution in [0.3, 0.4) is 0 Å². The molecule has 0 atom stereocenters. The summed E-state index contributed by atoms with van der Waals surface area (Å²) in [5.41, 5.74) is 1.80. The third-order valence-corrected chi connectivity index (χ3v) is 3.44. The predicted octanol–water partition coefficient (Wildman–Crippen LogP) is 3.53. The number of aromatic amines is 1. The number of thioether (sulfide) groups is 1. The highest BCUT2D eigenvalue weighted by Crippen LogP contribution is 2.22. The van der Waals surface area contributed by atoms with E-state index in [-0.39, 0.29) is 5.56 Å². The Kier molecular flexibility index (Phi) is 3.51. The van der Waals surface area contributed by atoms with Crippen molar-refractivity contribution in [2.75, 3.05) is 6.26 Å². The van der Waals surface area contributed by atoms with E-state index >= 15 is 0 Å². The third-order valence-electron chi connectivity index (χ3n) is 2.21. The summed E-state index contributed by atoms with van der Waals surface area (Å²) in [6, 6.07) is 11.4. The highest BCUT2D eigenvalue weighted by molar-refractivity contribution is 9.10. The maximum atomic E-state index is 11.4. The first kappa shape index (κ1) is 11.5. The molecule has 1 aromatic carbocycles. The van der Waals surface area contributed by atoms with Crippen LogP contribution in [0.2, 0.25) is 0 Å². The second-order valence-electron chi connectivity index (χ2n) is 3.30. The topological polar surface area (TPSA) is 32.9 Å². The number of benzene rings is 1. The number of hydrogen-bond donors (Lipinski definition) is 1. The first-order valence-corrected chi connectivity index (χ1v) is 6.75. The van der Waals surface area contributed by atoms with Gasteiger partial charge in [-0.3, -0.25) is 4.79 Å². The maximum absolute atomic E-state index is 11.4. The van der Waals surface area contributed by atoms with Gasteiger partial charge in [0.1, 0.15) is 0 Å². The maximum Gasteiger partial charge on any atom is 0.249 e. The summed E-state index contributed by atoms with van der Waals surface area (Å²) >= 11 is 4.95. The molecule has 0 aliphatic rings. The quantitative estimate of drug-likeness (QED) is 0.860. The Morgan fingerprint density at radius 3 is 2.50 bits per heavy atom. The first-order chi connectivity index (χ1) is 7.69. The van der Waals surface area contributed by atoms with Crippen LogP contribution in [0.25, 0.3) is 11.3 Å². The Labute approximate surface area is 106 Å². The van der Waals surface area contributed by atoms with Crippen LogP contribution in [-0.2, 0) is 0 Å². The lowest BCUT2D eigenvalue weighted by Crippen LogP contribution is -2.05. The molecule has 0 fully saturated rings. The van der Waals surface area contributed by atoms with Crippen molar-refractivity contribution in [3.8, 4) is 11.3 Å². The van der Waals surface area contributed by atoms with Crippen LogP contribution >= 0.6 is 27.7 Å². The smallest absolute Gasteiger partial charge is 0.249 e. The molecular formula is C12H10BrNOS. The van der Waals surface area contributed by atoms with Crippen molar-refractivity contribution >= 4 is 27.7 Å². The van der Waals surface area contributed by atoms with Gasteiger partial charge in [-0.1, -0.05) is 28.1 Å². The summed E-state index contributed by atoms with van der Waals surface area (Å²) in [6.45, 7) is 0. The van der Waals surface area contributed by atoms with Gasteiger partial charge in [-0.2, -0.15) is 0 Å². The Bertz CT molecular complexity index is 548. The highest BCUT2D eigenvalue weighted by atomic mass is 79.9. The van der Waals surface area contributed by atoms with Crippen LogP contribution in [-0.4, -0.2) is 11.2 Å². The van der Waals surface area contributed by atoms with E-state index < -0.39 is 0 Å². The van der Waals surface area contributed by atoms with Crippen molar-refractivity contribution < 1.29 is 0 Å². The number of aromatic nitrogens is 1. The lowest BCUT2D eigenvalue weighted by Gasteiger charge is -2.03. The van der Waals surface area contributed by atoms with E-state index in [0.29, 0.717) is 0 Å². The molecule has 0 aliphatic heterocycles. The summed E-state index contributed by atoms with van der Waals surface area (Å²) in [4.78, 5) is 15.2. The van der Waals surface area contributed by atoms with Gasteiger partial charge < -0.3 is 4.98 Å². The van der Waals surface area contributed by atoms with Crippen LogP contribution in [0.4, 0.5) is 0 Å². The summed E-state index contributed by atoms with van der Waals surface area (Å²) < 4.78 is 1.03. The monoisotopic (exact) mass is 295 g/mol. The minimum absolute atomic E-state index is 0.0650. The Hall–Kier alpha value is -1.00. The van der Waals surface area contributed by atoms with E-state index in [1.165, 1.54) is 0 Å². The molecule has 0 spiro atoms. The fraction of sp³-hybridized carbons (Fsp3) is 0.0833. The fourth-order valence-corrected chi connectivity index (χ4v) is 2.15. The molecule has 1 aromatic heterocycles. The molecule has 0 unspecified atom stereocenters. The standard InChI is InChI=1S/C12H10BrNOS/c1-16-10-6-11(14-12(15)7-10)8-2-4-9(13)5-3-8/h2-7H,1H3,(H,14,15). The van der Waals surface area contributed by atoms with Crippen molar-refractivity contribution in [3.63, 3.8) is 0 Å². The van der Waals surface area contributed by atoms with Gasteiger partial charge in [-0.15, -0.1) is 11.8 Å². The average Bonchev–Trinajstić information content (AvgIpc) is 2.29. The van der Waals surface area contributed by atoms with E-state index in [9.17, 15) is 4.79 Å². The zero-order valence-electron chi connectivity index (χ0n) is 8.66. The lowest BCUT2D eigenvalue weighted by atomic mass is 10.1. The van der Waals surface area contributed by atoms with E-state index in [1.54, 1.807) is 17.8 Å². The molecular weight excluding hydrogens is 286 g/mol. The number of hydrogen-bond acceptors (Lipinski definition) is 2. The van der Waals surface area contributed by atoms with Gasteiger partial charge in [-0.05, 0) is 30.0 Å². The highest BCUT2D eigenvalue weighted by Gasteiger charge is 2.01. The second-order valence-corrected chi connectivity index (χ2v) is 5.10. The number of H-pyrrole nitrogens is 1. The number of nitrogens with one attached hydrogen (secondary N) is 1. The molecule has 0 aliphatic carbocycles. The molecule has 2 aromatic rings. The van der Waals surface area contributed by atoms with E-state index in [2.05, 4.69) is 20.9 Å². The normalized spacial score (nSPS) is 10.4. The number of rotatable bonds is 2. The predicted molar refractivity (Wildman–Crippen MR) is 72.0 cm³/mol. The zero-order valence-corrected chi connectivity index (χ0v) is 11.1. The van der Waals surface area contributed by atoms with Crippen molar-refractivity contribution in [2.45, 2.75) is 4.90 Å². The lowest BCUT2D eigenvalue weighted by molar-refractivity contribution is 1.19. The summed E-state index contributed by atoms with van der Waals surface area (Å²) in [5, 5.41) is 0. The van der Waals surface area contributed by atoms with Crippen LogP contribution < -0.4 is 5.56 Å². The van der Waals surface area contributed by atoms with E-state index in [4.69, 9.17) is 0 Å². The van der Waals surface area contributed by atoms with Crippen LogP contribution in [0.15, 0.2) is 50.6 Å². The Morgan fingerprint density at radius 1 is 1.19 bits per heavy atom. The second kappa shape index (κ2) is 4.89. The molecule has 0 bridgehead atoms. The van der Waals surface area contributed by atoms with Crippen molar-refractivity contribution in [1.29, 1.82) is 0 Å². The van der Waals surface area contributed by atoms with Crippen LogP contribution in [0.1, 0.15) is 0 Å². The van der Waals surface area contributed by atoms with Crippen LogP contribution in [0, 0.1) is 0 Å². The molecule has 0 saturated carbocycles. The molecule has 16 heavy (non-hydrogen) atoms. The zero-order chi connectivity index (χ0) is 11.5. The van der Waals surface area contributed by atoms with Crippen molar-refractivity contribution in [2.24, 2.45) is 0 Å². The Morgan fingerprint density at radius 2 is 1.88 bits per heavy atom. The minimum Gasteiger partial charge on any atom is -0.322 e. The molecule has 0 amide bonds. The van der Waals surface area contributed by atoms with Gasteiger partial charge in [0.05, 0.1) is 0 Å². The van der Waals surface area contributed by atoms with Crippen LogP contribution in [0.5, 0.6) is 0 Å². The molecule has 2 nitrogen and oxygen atoms in total. The van der Waals surface area contributed by atoms with Gasteiger partial charge in [-0.25, -0.2) is 0 Å². The third kappa shape index (κ3) is 2.57. The average molecular weight is 296 g/mol. The SMILES string of the molecule is CSc1cc(-c2ccc(Br)cc2)[nH]c(=O)c1. The van der Waals surface area contributed by atoms with Crippen molar-refractivity contribution in [3.05, 3.63) is 51.2 Å². The summed E-state index contributed by atoms with van der Waals surface area (Å²) in [6.07, 6.45) is 1.96. The largest absolute Gasteiger partial charge is 0.322 e. The van der Waals surface area contributed by atoms with Gasteiger partial charge >= 0.3 is 0 Å². The van der Waals surface area contributed by atoms with E-state index in [0.717, 1.165) is 20.6 Å². The summed E-state index contributed by atoms with van der Waals surface area (Å²) in [7, 11) is 0. The molecule has 82 valence electrons.